The molecule has 16 heavy (non-hydrogen) atoms. The number of nitrogens with zero attached hydrogens (tertiary/aromatic N) is 1. The normalized spacial score (nSPS) is 22.9. The van der Waals surface area contributed by atoms with Gasteiger partial charge in [0.15, 0.2) is 0 Å². The van der Waals surface area contributed by atoms with Crippen LogP contribution in [-0.2, 0) is 4.74 Å². The van der Waals surface area contributed by atoms with E-state index >= 15 is 0 Å². The molecular weight excluding hydrogens is 200 g/mol. The van der Waals surface area contributed by atoms with Crippen LogP contribution in [0, 0.1) is 0 Å². The Balaban J connectivity index is 1.94. The van der Waals surface area contributed by atoms with Gasteiger partial charge in [0.2, 0.25) is 0 Å². The summed E-state index contributed by atoms with van der Waals surface area (Å²) < 4.78 is 5.65. The molecule has 96 valence electrons. The number of piperidine rings is 1. The summed E-state index contributed by atoms with van der Waals surface area (Å²) in [5, 5.41) is 3.36. The zero-order valence-corrected chi connectivity index (χ0v) is 11.2. The largest absolute Gasteiger partial charge is 0.380 e. The van der Waals surface area contributed by atoms with Crippen LogP contribution in [-0.4, -0.2) is 50.3 Å². The maximum atomic E-state index is 5.65. The zero-order valence-electron chi connectivity index (χ0n) is 11.2. The summed E-state index contributed by atoms with van der Waals surface area (Å²) in [6, 6.07) is 1.32. The first-order valence-electron chi connectivity index (χ1n) is 6.71. The van der Waals surface area contributed by atoms with Crippen molar-refractivity contribution < 1.29 is 4.74 Å². The van der Waals surface area contributed by atoms with E-state index in [2.05, 4.69) is 31.1 Å². The van der Waals surface area contributed by atoms with Crippen molar-refractivity contribution in [3.8, 4) is 0 Å². The molecule has 1 aliphatic heterocycles. The van der Waals surface area contributed by atoms with E-state index in [9.17, 15) is 0 Å². The Kier molecular flexibility index (Phi) is 7.01. The molecule has 0 saturated carbocycles. The van der Waals surface area contributed by atoms with Crippen molar-refractivity contribution in [1.82, 2.24) is 10.2 Å². The van der Waals surface area contributed by atoms with Crippen LogP contribution in [0.25, 0.3) is 0 Å². The Labute approximate surface area is 101 Å². The van der Waals surface area contributed by atoms with Crippen molar-refractivity contribution in [3.63, 3.8) is 0 Å². The van der Waals surface area contributed by atoms with Crippen molar-refractivity contribution in [2.45, 2.75) is 51.6 Å². The summed E-state index contributed by atoms with van der Waals surface area (Å²) in [6.45, 7) is 8.31. The molecule has 0 aromatic carbocycles. The van der Waals surface area contributed by atoms with Gasteiger partial charge < -0.3 is 15.0 Å². The Bertz CT molecular complexity index is 173. The zero-order chi connectivity index (χ0) is 11.8. The van der Waals surface area contributed by atoms with Crippen LogP contribution in [0.5, 0.6) is 0 Å². The fraction of sp³-hybridized carbons (Fsp3) is 1.00. The average Bonchev–Trinajstić information content (AvgIpc) is 2.25. The van der Waals surface area contributed by atoms with Gasteiger partial charge in [0.1, 0.15) is 0 Å². The second-order valence-electron chi connectivity index (χ2n) is 5.14. The Hall–Kier alpha value is -0.120. The molecule has 1 heterocycles. The quantitative estimate of drug-likeness (QED) is 0.673. The summed E-state index contributed by atoms with van der Waals surface area (Å²) in [5.74, 6) is 0. The smallest absolute Gasteiger partial charge is 0.0591 e. The lowest BCUT2D eigenvalue weighted by atomic mass is 10.0. The Morgan fingerprint density at radius 1 is 1.31 bits per heavy atom. The molecule has 1 unspecified atom stereocenters. The van der Waals surface area contributed by atoms with E-state index in [4.69, 9.17) is 4.74 Å². The van der Waals surface area contributed by atoms with Crippen LogP contribution in [0.2, 0.25) is 0 Å². The molecule has 0 bridgehead atoms. The van der Waals surface area contributed by atoms with E-state index in [1.54, 1.807) is 0 Å². The van der Waals surface area contributed by atoms with E-state index in [0.717, 1.165) is 25.8 Å². The molecule has 0 radical (unpaired) electrons. The second-order valence-corrected chi connectivity index (χ2v) is 5.14. The first-order chi connectivity index (χ1) is 7.70. The third-order valence-corrected chi connectivity index (χ3v) is 3.32. The lowest BCUT2D eigenvalue weighted by Crippen LogP contribution is -2.37. The van der Waals surface area contributed by atoms with Crippen molar-refractivity contribution in [2.75, 3.05) is 33.4 Å². The van der Waals surface area contributed by atoms with Crippen LogP contribution >= 0.6 is 0 Å². The van der Waals surface area contributed by atoms with E-state index in [0.29, 0.717) is 6.04 Å². The van der Waals surface area contributed by atoms with Crippen molar-refractivity contribution in [3.05, 3.63) is 0 Å². The molecular formula is C13H28N2O. The number of ether oxygens (including phenoxy) is 1. The number of hydrogen-bond donors (Lipinski definition) is 1. The molecule has 1 N–H and O–H groups in total. The Morgan fingerprint density at radius 2 is 2.12 bits per heavy atom. The molecule has 3 heteroatoms. The lowest BCUT2D eigenvalue weighted by molar-refractivity contribution is 0.0926. The number of nitrogens with one attached hydrogen (secondary N) is 1. The molecule has 1 saturated heterocycles. The summed E-state index contributed by atoms with van der Waals surface area (Å²) >= 11 is 0. The van der Waals surface area contributed by atoms with E-state index in [1.807, 2.05) is 0 Å². The monoisotopic (exact) mass is 228 g/mol. The molecule has 0 aliphatic carbocycles. The van der Waals surface area contributed by atoms with Gasteiger partial charge in [-0.05, 0) is 32.9 Å². The van der Waals surface area contributed by atoms with E-state index in [-0.39, 0.29) is 0 Å². The highest BCUT2D eigenvalue weighted by Gasteiger charge is 2.17. The topological polar surface area (TPSA) is 24.5 Å². The minimum absolute atomic E-state index is 0.563. The van der Waals surface area contributed by atoms with E-state index in [1.165, 1.54) is 32.2 Å². The third-order valence-electron chi connectivity index (χ3n) is 3.32. The van der Waals surface area contributed by atoms with Gasteiger partial charge in [0, 0.05) is 25.2 Å². The van der Waals surface area contributed by atoms with Gasteiger partial charge in [0.05, 0.1) is 6.61 Å². The van der Waals surface area contributed by atoms with E-state index < -0.39 is 0 Å². The molecule has 0 aromatic heterocycles. The van der Waals surface area contributed by atoms with Gasteiger partial charge in [-0.3, -0.25) is 0 Å². The maximum Gasteiger partial charge on any atom is 0.0591 e. The highest BCUT2D eigenvalue weighted by atomic mass is 16.5. The number of likely N-dealkylation sites (tertiary alicyclic amines) is 1. The fourth-order valence-corrected chi connectivity index (χ4v) is 2.25. The maximum absolute atomic E-state index is 5.65. The van der Waals surface area contributed by atoms with Crippen LogP contribution in [0.4, 0.5) is 0 Å². The first-order valence-corrected chi connectivity index (χ1v) is 6.71. The predicted octanol–water partition coefficient (Wildman–Crippen LogP) is 1.88. The summed E-state index contributed by atoms with van der Waals surface area (Å²) in [4.78, 5) is 2.49. The van der Waals surface area contributed by atoms with Crippen LogP contribution < -0.4 is 5.32 Å². The van der Waals surface area contributed by atoms with Gasteiger partial charge in [-0.2, -0.15) is 0 Å². The molecule has 1 aliphatic rings. The van der Waals surface area contributed by atoms with Gasteiger partial charge in [-0.15, -0.1) is 0 Å². The highest BCUT2D eigenvalue weighted by Crippen LogP contribution is 2.17. The van der Waals surface area contributed by atoms with Crippen molar-refractivity contribution >= 4 is 0 Å². The fourth-order valence-electron chi connectivity index (χ4n) is 2.25. The average molecular weight is 228 g/mol. The molecule has 0 amide bonds. The highest BCUT2D eigenvalue weighted by molar-refractivity contribution is 4.73. The van der Waals surface area contributed by atoms with Crippen LogP contribution in [0.3, 0.4) is 0 Å². The van der Waals surface area contributed by atoms with Crippen molar-refractivity contribution in [2.24, 2.45) is 0 Å². The molecule has 0 aromatic rings. The van der Waals surface area contributed by atoms with Crippen LogP contribution in [0.1, 0.15) is 39.5 Å². The van der Waals surface area contributed by atoms with Gasteiger partial charge >= 0.3 is 0 Å². The summed E-state index contributed by atoms with van der Waals surface area (Å²) in [5.41, 5.74) is 0. The van der Waals surface area contributed by atoms with Gasteiger partial charge in [-0.25, -0.2) is 0 Å². The minimum Gasteiger partial charge on any atom is -0.380 e. The summed E-state index contributed by atoms with van der Waals surface area (Å²) in [7, 11) is 2.24. The predicted molar refractivity (Wildman–Crippen MR) is 68.8 cm³/mol. The molecule has 3 nitrogen and oxygen atoms in total. The van der Waals surface area contributed by atoms with Crippen molar-refractivity contribution in [1.29, 1.82) is 0 Å². The SMILES string of the molecule is CC(C)NCCOCCC1CCCCN1C. The molecule has 1 atom stereocenters. The molecule has 0 spiro atoms. The third kappa shape index (κ3) is 5.83. The first kappa shape index (κ1) is 13.9. The van der Waals surface area contributed by atoms with Crippen LogP contribution in [0.15, 0.2) is 0 Å². The summed E-state index contributed by atoms with van der Waals surface area (Å²) in [6.07, 6.45) is 5.30. The van der Waals surface area contributed by atoms with Gasteiger partial charge in [-0.1, -0.05) is 20.3 Å². The number of rotatable bonds is 7. The lowest BCUT2D eigenvalue weighted by Gasteiger charge is -2.32. The Morgan fingerprint density at radius 3 is 2.81 bits per heavy atom. The molecule has 1 fully saturated rings. The minimum atomic E-state index is 0.563. The molecule has 1 rings (SSSR count). The number of hydrogen-bond acceptors (Lipinski definition) is 3. The van der Waals surface area contributed by atoms with Gasteiger partial charge in [0.25, 0.3) is 0 Å². The second kappa shape index (κ2) is 8.04. The standard InChI is InChI=1S/C13H28N2O/c1-12(2)14-8-11-16-10-7-13-6-4-5-9-15(13)3/h12-14H,4-11H2,1-3H3.